The zero-order valence-corrected chi connectivity index (χ0v) is 11.4. The lowest BCUT2D eigenvalue weighted by Gasteiger charge is -2.01. The van der Waals surface area contributed by atoms with Crippen molar-refractivity contribution in [2.45, 2.75) is 10.6 Å². The van der Waals surface area contributed by atoms with E-state index >= 15 is 0 Å². The van der Waals surface area contributed by atoms with Gasteiger partial charge >= 0.3 is 0 Å². The van der Waals surface area contributed by atoms with E-state index in [4.69, 9.17) is 16.9 Å². The third-order valence-electron chi connectivity index (χ3n) is 2.15. The van der Waals surface area contributed by atoms with Crippen molar-refractivity contribution in [2.24, 2.45) is 0 Å². The number of aromatic nitrogens is 1. The van der Waals surface area contributed by atoms with Crippen LogP contribution < -0.4 is 0 Å². The topological polar surface area (TPSA) is 70.8 Å². The highest BCUT2D eigenvalue weighted by molar-refractivity contribution is 7.90. The van der Waals surface area contributed by atoms with Crippen molar-refractivity contribution < 1.29 is 8.42 Å². The van der Waals surface area contributed by atoms with Gasteiger partial charge in [-0.3, -0.25) is 0 Å². The van der Waals surface area contributed by atoms with Crippen LogP contribution in [0.3, 0.4) is 0 Å². The van der Waals surface area contributed by atoms with Crippen LogP contribution >= 0.6 is 22.9 Å². The first-order chi connectivity index (χ1) is 8.51. The molecule has 0 saturated heterocycles. The number of hydrogen-bond acceptors (Lipinski definition) is 5. The number of benzene rings is 1. The summed E-state index contributed by atoms with van der Waals surface area (Å²) in [5, 5.41) is 9.54. The van der Waals surface area contributed by atoms with E-state index in [-0.39, 0.29) is 10.6 Å². The Balaban J connectivity index is 2.27. The van der Waals surface area contributed by atoms with Crippen LogP contribution in [-0.2, 0) is 15.6 Å². The highest BCUT2D eigenvalue weighted by atomic mass is 35.5. The summed E-state index contributed by atoms with van der Waals surface area (Å²) in [6.07, 6.45) is 1.37. The smallest absolute Gasteiger partial charge is 0.184 e. The largest absolute Gasteiger partial charge is 0.247 e. The van der Waals surface area contributed by atoms with Crippen LogP contribution in [0.25, 0.3) is 0 Å². The second-order valence-electron chi connectivity index (χ2n) is 3.44. The second-order valence-corrected chi connectivity index (χ2v) is 6.98. The van der Waals surface area contributed by atoms with E-state index in [2.05, 4.69) is 4.98 Å². The molecule has 92 valence electrons. The Morgan fingerprint density at radius 2 is 2.00 bits per heavy atom. The molecule has 0 N–H and O–H groups in total. The minimum atomic E-state index is -3.45. The molecule has 0 bridgehead atoms. The summed E-state index contributed by atoms with van der Waals surface area (Å²) < 4.78 is 24.1. The lowest BCUT2D eigenvalue weighted by Crippen LogP contribution is -2.04. The summed E-state index contributed by atoms with van der Waals surface area (Å²) in [5.74, 6) is -0.207. The van der Waals surface area contributed by atoms with Gasteiger partial charge in [0.1, 0.15) is 21.7 Å². The van der Waals surface area contributed by atoms with Crippen LogP contribution in [0, 0.1) is 11.3 Å². The van der Waals surface area contributed by atoms with Gasteiger partial charge in [0.25, 0.3) is 0 Å². The monoisotopic (exact) mass is 298 g/mol. The molecule has 2 aromatic rings. The Hall–Kier alpha value is -1.42. The Labute approximate surface area is 113 Å². The first-order valence-electron chi connectivity index (χ1n) is 4.84. The van der Waals surface area contributed by atoms with E-state index in [1.54, 1.807) is 0 Å². The minimum absolute atomic E-state index is 0.195. The highest BCUT2D eigenvalue weighted by Crippen LogP contribution is 2.21. The Bertz CT molecular complexity index is 699. The van der Waals surface area contributed by atoms with Crippen molar-refractivity contribution in [3.8, 4) is 6.07 Å². The van der Waals surface area contributed by atoms with Gasteiger partial charge < -0.3 is 0 Å². The summed E-state index contributed by atoms with van der Waals surface area (Å²) in [4.78, 5) is 4.50. The first kappa shape index (κ1) is 13.0. The fourth-order valence-electron chi connectivity index (χ4n) is 1.32. The van der Waals surface area contributed by atoms with Gasteiger partial charge in [0.05, 0.1) is 11.1 Å². The maximum atomic E-state index is 12.1. The molecule has 2 rings (SSSR count). The molecule has 0 atom stereocenters. The van der Waals surface area contributed by atoms with Crippen molar-refractivity contribution in [2.75, 3.05) is 0 Å². The van der Waals surface area contributed by atoms with Crippen LogP contribution in [0.5, 0.6) is 0 Å². The molecular formula is C11H7ClN2O2S2. The molecule has 0 amide bonds. The molecule has 0 radical (unpaired) electrons. The summed E-state index contributed by atoms with van der Waals surface area (Å²) in [6, 6.07) is 7.88. The van der Waals surface area contributed by atoms with Gasteiger partial charge in [-0.1, -0.05) is 11.6 Å². The SMILES string of the molecule is N#Cc1cnc(CS(=O)(=O)c2ccc(Cl)cc2)s1. The maximum absolute atomic E-state index is 12.1. The lowest BCUT2D eigenvalue weighted by atomic mass is 10.4. The number of nitriles is 1. The van der Waals surface area contributed by atoms with E-state index < -0.39 is 9.84 Å². The van der Waals surface area contributed by atoms with E-state index in [0.29, 0.717) is 14.9 Å². The molecule has 1 aromatic carbocycles. The molecule has 0 aliphatic heterocycles. The fourth-order valence-corrected chi connectivity index (χ4v) is 3.77. The van der Waals surface area contributed by atoms with Gasteiger partial charge in [0.15, 0.2) is 9.84 Å². The van der Waals surface area contributed by atoms with Crippen LogP contribution in [-0.4, -0.2) is 13.4 Å². The Kier molecular flexibility index (Phi) is 3.66. The van der Waals surface area contributed by atoms with Crippen molar-refractivity contribution in [1.29, 1.82) is 5.26 Å². The predicted molar refractivity (Wildman–Crippen MR) is 69.2 cm³/mol. The second kappa shape index (κ2) is 5.06. The minimum Gasteiger partial charge on any atom is -0.247 e. The number of rotatable bonds is 3. The maximum Gasteiger partial charge on any atom is 0.184 e. The van der Waals surface area contributed by atoms with Crippen LogP contribution in [0.15, 0.2) is 35.4 Å². The summed E-state index contributed by atoms with van der Waals surface area (Å²) in [5.41, 5.74) is 0. The third-order valence-corrected chi connectivity index (χ3v) is 5.13. The van der Waals surface area contributed by atoms with Crippen molar-refractivity contribution in [3.05, 3.63) is 45.4 Å². The molecule has 4 nitrogen and oxygen atoms in total. The van der Waals surface area contributed by atoms with Gasteiger partial charge in [-0.05, 0) is 24.3 Å². The van der Waals surface area contributed by atoms with E-state index in [1.807, 2.05) is 6.07 Å². The average Bonchev–Trinajstić information content (AvgIpc) is 2.76. The molecule has 0 aliphatic rings. The number of halogens is 1. The van der Waals surface area contributed by atoms with Crippen LogP contribution in [0.4, 0.5) is 0 Å². The zero-order chi connectivity index (χ0) is 13.2. The van der Waals surface area contributed by atoms with Gasteiger partial charge in [0.2, 0.25) is 0 Å². The standard InChI is InChI=1S/C11H7ClN2O2S2/c12-8-1-3-10(4-2-8)18(15,16)7-11-14-6-9(5-13)17-11/h1-4,6H,7H2. The molecule has 0 spiro atoms. The first-order valence-corrected chi connectivity index (χ1v) is 7.69. The normalized spacial score (nSPS) is 11.1. The van der Waals surface area contributed by atoms with Gasteiger partial charge in [0, 0.05) is 5.02 Å². The lowest BCUT2D eigenvalue weighted by molar-refractivity contribution is 0.595. The molecule has 1 heterocycles. The Morgan fingerprint density at radius 1 is 1.33 bits per heavy atom. The molecule has 18 heavy (non-hydrogen) atoms. The number of thiazole rings is 1. The third kappa shape index (κ3) is 2.88. The summed E-state index contributed by atoms with van der Waals surface area (Å²) >= 11 is 6.78. The number of hydrogen-bond donors (Lipinski definition) is 0. The molecule has 7 heteroatoms. The van der Waals surface area contributed by atoms with Crippen LogP contribution in [0.1, 0.15) is 9.88 Å². The van der Waals surface area contributed by atoms with Crippen LogP contribution in [0.2, 0.25) is 5.02 Å². The quantitative estimate of drug-likeness (QED) is 0.873. The van der Waals surface area contributed by atoms with Crippen molar-refractivity contribution >= 4 is 32.8 Å². The number of nitrogens with zero attached hydrogens (tertiary/aromatic N) is 2. The van der Waals surface area contributed by atoms with E-state index in [9.17, 15) is 8.42 Å². The van der Waals surface area contributed by atoms with Gasteiger partial charge in [-0.15, -0.1) is 11.3 Å². The molecule has 1 aromatic heterocycles. The molecule has 0 fully saturated rings. The van der Waals surface area contributed by atoms with Crippen molar-refractivity contribution in [1.82, 2.24) is 4.98 Å². The molecular weight excluding hydrogens is 292 g/mol. The van der Waals surface area contributed by atoms with Crippen molar-refractivity contribution in [3.63, 3.8) is 0 Å². The predicted octanol–water partition coefficient (Wildman–Crippen LogP) is 2.64. The highest BCUT2D eigenvalue weighted by Gasteiger charge is 2.17. The fraction of sp³-hybridized carbons (Fsp3) is 0.0909. The summed E-state index contributed by atoms with van der Waals surface area (Å²) in [7, 11) is -3.45. The van der Waals surface area contributed by atoms with E-state index in [0.717, 1.165) is 11.3 Å². The average molecular weight is 299 g/mol. The van der Waals surface area contributed by atoms with E-state index in [1.165, 1.54) is 30.5 Å². The van der Waals surface area contributed by atoms with Gasteiger partial charge in [-0.25, -0.2) is 13.4 Å². The summed E-state index contributed by atoms with van der Waals surface area (Å²) in [6.45, 7) is 0. The Morgan fingerprint density at radius 3 is 2.56 bits per heavy atom. The molecule has 0 aliphatic carbocycles. The zero-order valence-electron chi connectivity index (χ0n) is 9.00. The number of sulfone groups is 1. The van der Waals surface area contributed by atoms with Gasteiger partial charge in [-0.2, -0.15) is 5.26 Å². The molecule has 0 unspecified atom stereocenters. The molecule has 0 saturated carbocycles.